The lowest BCUT2D eigenvalue weighted by Crippen LogP contribution is -2.44. The number of carbonyl (C=O) groups excluding carboxylic acids is 1. The van der Waals surface area contributed by atoms with Gasteiger partial charge in [0, 0.05) is 55.0 Å². The summed E-state index contributed by atoms with van der Waals surface area (Å²) < 4.78 is 1.63. The van der Waals surface area contributed by atoms with Crippen molar-refractivity contribution in [3.63, 3.8) is 0 Å². The standard InChI is InChI=1S/C16H18N4O/c21-16(18-15-11-19-6-3-14(15)9-19)20-7-4-13(10-20)12-2-1-5-17-8-12/h1-2,4-5,7-8,10,14-15H,3,6,9,11H2,(H,18,21)/t14-,15?/m0/s1. The number of hydrogen-bond acceptors (Lipinski definition) is 3. The first-order chi connectivity index (χ1) is 10.3. The van der Waals surface area contributed by atoms with Gasteiger partial charge in [0.1, 0.15) is 0 Å². The molecule has 1 N–H and O–H groups in total. The molecule has 108 valence electrons. The Morgan fingerprint density at radius 1 is 1.29 bits per heavy atom. The highest BCUT2D eigenvalue weighted by atomic mass is 16.2. The number of amides is 1. The molecule has 0 aromatic carbocycles. The summed E-state index contributed by atoms with van der Waals surface area (Å²) >= 11 is 0. The number of rotatable bonds is 2. The summed E-state index contributed by atoms with van der Waals surface area (Å²) in [5.74, 6) is 0.627. The highest BCUT2D eigenvalue weighted by Crippen LogP contribution is 2.27. The van der Waals surface area contributed by atoms with E-state index < -0.39 is 0 Å². The van der Waals surface area contributed by atoms with Crippen LogP contribution in [0.5, 0.6) is 0 Å². The minimum absolute atomic E-state index is 0.0381. The first kappa shape index (κ1) is 12.6. The van der Waals surface area contributed by atoms with E-state index in [-0.39, 0.29) is 6.03 Å². The largest absolute Gasteiger partial charge is 0.333 e. The predicted molar refractivity (Wildman–Crippen MR) is 79.9 cm³/mol. The van der Waals surface area contributed by atoms with E-state index in [0.717, 1.165) is 24.2 Å². The summed E-state index contributed by atoms with van der Waals surface area (Å²) in [5, 5.41) is 3.16. The van der Waals surface area contributed by atoms with Gasteiger partial charge in [0.2, 0.25) is 0 Å². The molecule has 0 saturated carbocycles. The molecule has 0 radical (unpaired) electrons. The normalized spacial score (nSPS) is 27.0. The van der Waals surface area contributed by atoms with Gasteiger partial charge in [-0.25, -0.2) is 4.79 Å². The topological polar surface area (TPSA) is 50.2 Å². The molecule has 2 aliphatic rings. The quantitative estimate of drug-likeness (QED) is 0.914. The Hall–Kier alpha value is -2.14. The summed E-state index contributed by atoms with van der Waals surface area (Å²) in [4.78, 5) is 18.9. The van der Waals surface area contributed by atoms with Crippen LogP contribution in [0.3, 0.4) is 0 Å². The van der Waals surface area contributed by atoms with E-state index in [1.165, 1.54) is 13.0 Å². The molecule has 2 saturated heterocycles. The molecule has 2 aliphatic heterocycles. The number of hydrogen-bond donors (Lipinski definition) is 1. The van der Waals surface area contributed by atoms with Crippen LogP contribution in [0.4, 0.5) is 4.79 Å². The van der Waals surface area contributed by atoms with Crippen molar-refractivity contribution >= 4 is 6.03 Å². The zero-order valence-electron chi connectivity index (χ0n) is 11.8. The summed E-state index contributed by atoms with van der Waals surface area (Å²) in [5.41, 5.74) is 2.03. The number of nitrogens with one attached hydrogen (secondary N) is 1. The smallest absolute Gasteiger partial charge is 0.325 e. The number of aromatic nitrogens is 2. The van der Waals surface area contributed by atoms with Gasteiger partial charge in [-0.1, -0.05) is 6.07 Å². The Kier molecular flexibility index (Phi) is 3.00. The third-order valence-corrected chi connectivity index (χ3v) is 4.56. The van der Waals surface area contributed by atoms with E-state index in [9.17, 15) is 4.79 Å². The van der Waals surface area contributed by atoms with E-state index >= 15 is 0 Å². The predicted octanol–water partition coefficient (Wildman–Crippen LogP) is 1.81. The Balaban J connectivity index is 1.47. The van der Waals surface area contributed by atoms with Crippen LogP contribution in [0.25, 0.3) is 11.1 Å². The molecular weight excluding hydrogens is 264 g/mol. The van der Waals surface area contributed by atoms with Crippen LogP contribution in [0, 0.1) is 5.92 Å². The van der Waals surface area contributed by atoms with Gasteiger partial charge in [-0.2, -0.15) is 0 Å². The fraction of sp³-hybridized carbons (Fsp3) is 0.375. The summed E-state index contributed by atoms with van der Waals surface area (Å²) in [6, 6.07) is 6.10. The third-order valence-electron chi connectivity index (χ3n) is 4.56. The van der Waals surface area contributed by atoms with E-state index in [1.54, 1.807) is 17.0 Å². The van der Waals surface area contributed by atoms with Crippen molar-refractivity contribution in [1.82, 2.24) is 19.8 Å². The lowest BCUT2D eigenvalue weighted by atomic mass is 10.0. The number of fused-ring (bicyclic) bond motifs is 2. The van der Waals surface area contributed by atoms with Crippen molar-refractivity contribution in [2.24, 2.45) is 5.92 Å². The second-order valence-electron chi connectivity index (χ2n) is 5.91. The van der Waals surface area contributed by atoms with Gasteiger partial charge in [-0.05, 0) is 31.0 Å². The maximum Gasteiger partial charge on any atom is 0.325 e. The lowest BCUT2D eigenvalue weighted by molar-refractivity contribution is 0.231. The van der Waals surface area contributed by atoms with Gasteiger partial charge in [-0.15, -0.1) is 0 Å². The van der Waals surface area contributed by atoms with Gasteiger partial charge in [-0.3, -0.25) is 9.55 Å². The molecule has 5 nitrogen and oxygen atoms in total. The van der Waals surface area contributed by atoms with E-state index in [4.69, 9.17) is 0 Å². The summed E-state index contributed by atoms with van der Waals surface area (Å²) in [6.45, 7) is 3.32. The molecule has 4 heterocycles. The molecule has 4 rings (SSSR count). The first-order valence-electron chi connectivity index (χ1n) is 7.41. The maximum absolute atomic E-state index is 12.3. The highest BCUT2D eigenvalue weighted by molar-refractivity contribution is 5.79. The van der Waals surface area contributed by atoms with Crippen molar-refractivity contribution in [1.29, 1.82) is 0 Å². The fourth-order valence-corrected chi connectivity index (χ4v) is 3.41. The number of pyridine rings is 1. The van der Waals surface area contributed by atoms with E-state index in [2.05, 4.69) is 15.2 Å². The zero-order valence-corrected chi connectivity index (χ0v) is 11.8. The van der Waals surface area contributed by atoms with Crippen molar-refractivity contribution < 1.29 is 4.79 Å². The second kappa shape index (κ2) is 5.00. The average molecular weight is 282 g/mol. The van der Waals surface area contributed by atoms with Crippen molar-refractivity contribution in [3.05, 3.63) is 43.0 Å². The van der Waals surface area contributed by atoms with Crippen LogP contribution in [0.15, 0.2) is 43.0 Å². The average Bonchev–Trinajstić information content (AvgIpc) is 3.24. The molecule has 2 aromatic rings. The van der Waals surface area contributed by atoms with Crippen LogP contribution in [-0.2, 0) is 0 Å². The molecule has 3 atom stereocenters. The summed E-state index contributed by atoms with van der Waals surface area (Å²) in [6.07, 6.45) is 8.43. The Bertz CT molecular complexity index is 651. The Morgan fingerprint density at radius 3 is 2.95 bits per heavy atom. The molecule has 2 unspecified atom stereocenters. The van der Waals surface area contributed by atoms with Crippen molar-refractivity contribution in [3.8, 4) is 11.1 Å². The van der Waals surface area contributed by atoms with Crippen molar-refractivity contribution in [2.45, 2.75) is 12.5 Å². The van der Waals surface area contributed by atoms with Crippen LogP contribution in [0.1, 0.15) is 6.42 Å². The number of carbonyl (C=O) groups is 1. The lowest BCUT2D eigenvalue weighted by Gasteiger charge is -2.23. The molecule has 2 aromatic heterocycles. The number of nitrogens with zero attached hydrogens (tertiary/aromatic N) is 3. The van der Waals surface area contributed by atoms with Crippen LogP contribution in [-0.4, -0.2) is 46.2 Å². The zero-order chi connectivity index (χ0) is 14.2. The second-order valence-corrected chi connectivity index (χ2v) is 5.91. The minimum atomic E-state index is -0.0381. The molecular formula is C16H18N4O. The van der Waals surface area contributed by atoms with Crippen LogP contribution >= 0.6 is 0 Å². The van der Waals surface area contributed by atoms with Gasteiger partial charge < -0.3 is 10.2 Å². The third kappa shape index (κ3) is 2.34. The molecule has 5 heteroatoms. The molecule has 2 fully saturated rings. The Morgan fingerprint density at radius 2 is 2.24 bits per heavy atom. The molecule has 0 spiro atoms. The molecule has 1 amide bonds. The van der Waals surface area contributed by atoms with Gasteiger partial charge in [0.25, 0.3) is 0 Å². The first-order valence-corrected chi connectivity index (χ1v) is 7.41. The van der Waals surface area contributed by atoms with E-state index in [1.807, 2.05) is 30.6 Å². The van der Waals surface area contributed by atoms with Crippen LogP contribution < -0.4 is 5.32 Å². The van der Waals surface area contributed by atoms with Gasteiger partial charge >= 0.3 is 6.03 Å². The van der Waals surface area contributed by atoms with Crippen LogP contribution in [0.2, 0.25) is 0 Å². The molecule has 2 bridgehead atoms. The maximum atomic E-state index is 12.3. The fourth-order valence-electron chi connectivity index (χ4n) is 3.41. The minimum Gasteiger partial charge on any atom is -0.333 e. The Labute approximate surface area is 123 Å². The van der Waals surface area contributed by atoms with Gasteiger partial charge in [0.15, 0.2) is 0 Å². The van der Waals surface area contributed by atoms with Crippen molar-refractivity contribution in [2.75, 3.05) is 19.6 Å². The number of piperidine rings is 1. The molecule has 0 aliphatic carbocycles. The monoisotopic (exact) mass is 282 g/mol. The summed E-state index contributed by atoms with van der Waals surface area (Å²) in [7, 11) is 0. The van der Waals surface area contributed by atoms with Gasteiger partial charge in [0.05, 0.1) is 0 Å². The highest BCUT2D eigenvalue weighted by Gasteiger charge is 2.38. The molecule has 21 heavy (non-hydrogen) atoms. The SMILES string of the molecule is O=C(NC1CN2CC[C@H]1C2)n1ccc(-c2cccnc2)c1. The van der Waals surface area contributed by atoms with E-state index in [0.29, 0.717) is 12.0 Å².